The Morgan fingerprint density at radius 3 is 2.78 bits per heavy atom. The Hall–Kier alpha value is -1.39. The maximum atomic E-state index is 4.39. The van der Waals surface area contributed by atoms with Gasteiger partial charge in [-0.3, -0.25) is 0 Å². The van der Waals surface area contributed by atoms with E-state index in [1.54, 1.807) is 29.4 Å². The first-order chi connectivity index (χ1) is 8.74. The van der Waals surface area contributed by atoms with Gasteiger partial charge in [-0.05, 0) is 48.6 Å². The van der Waals surface area contributed by atoms with E-state index >= 15 is 0 Å². The van der Waals surface area contributed by atoms with Crippen LogP contribution in [0.25, 0.3) is 10.2 Å². The standard InChI is InChI=1S/C14H12N2S2/c1-9-3-4-11(7-10(9)2)18-14-12-5-6-17-13(12)15-8-16-14/h3-8H,1-2H3. The van der Waals surface area contributed by atoms with E-state index in [2.05, 4.69) is 53.5 Å². The number of thiophene rings is 1. The van der Waals surface area contributed by atoms with Crippen molar-refractivity contribution >= 4 is 33.3 Å². The van der Waals surface area contributed by atoms with Gasteiger partial charge in [0.05, 0.1) is 0 Å². The van der Waals surface area contributed by atoms with E-state index < -0.39 is 0 Å². The van der Waals surface area contributed by atoms with Gasteiger partial charge in [0.1, 0.15) is 16.2 Å². The number of hydrogen-bond acceptors (Lipinski definition) is 4. The number of hydrogen-bond donors (Lipinski definition) is 0. The lowest BCUT2D eigenvalue weighted by atomic mass is 10.1. The SMILES string of the molecule is Cc1ccc(Sc2ncnc3sccc23)cc1C. The van der Waals surface area contributed by atoms with Gasteiger partial charge in [0.25, 0.3) is 0 Å². The summed E-state index contributed by atoms with van der Waals surface area (Å²) in [5, 5.41) is 4.24. The van der Waals surface area contributed by atoms with Crippen molar-refractivity contribution in [2.24, 2.45) is 0 Å². The average molecular weight is 272 g/mol. The van der Waals surface area contributed by atoms with Crippen molar-refractivity contribution in [3.05, 3.63) is 47.1 Å². The second-order valence-electron chi connectivity index (χ2n) is 4.17. The van der Waals surface area contributed by atoms with Crippen molar-refractivity contribution in [2.75, 3.05) is 0 Å². The smallest absolute Gasteiger partial charge is 0.127 e. The monoisotopic (exact) mass is 272 g/mol. The lowest BCUT2D eigenvalue weighted by molar-refractivity contribution is 1.11. The van der Waals surface area contributed by atoms with E-state index in [4.69, 9.17) is 0 Å². The fourth-order valence-electron chi connectivity index (χ4n) is 1.74. The average Bonchev–Trinajstić information content (AvgIpc) is 2.83. The van der Waals surface area contributed by atoms with Crippen LogP contribution in [0.4, 0.5) is 0 Å². The van der Waals surface area contributed by atoms with E-state index in [0.717, 1.165) is 15.2 Å². The van der Waals surface area contributed by atoms with Gasteiger partial charge in [-0.15, -0.1) is 11.3 Å². The first kappa shape index (κ1) is 11.7. The van der Waals surface area contributed by atoms with Gasteiger partial charge in [0, 0.05) is 10.3 Å². The molecule has 0 amide bonds. The van der Waals surface area contributed by atoms with Gasteiger partial charge in [-0.2, -0.15) is 0 Å². The maximum Gasteiger partial charge on any atom is 0.127 e. The van der Waals surface area contributed by atoms with Crippen LogP contribution in [0.3, 0.4) is 0 Å². The van der Waals surface area contributed by atoms with Gasteiger partial charge >= 0.3 is 0 Å². The Balaban J connectivity index is 2.01. The number of aromatic nitrogens is 2. The summed E-state index contributed by atoms with van der Waals surface area (Å²) in [7, 11) is 0. The van der Waals surface area contributed by atoms with Crippen LogP contribution >= 0.6 is 23.1 Å². The molecule has 0 saturated heterocycles. The van der Waals surface area contributed by atoms with Crippen molar-refractivity contribution < 1.29 is 0 Å². The first-order valence-electron chi connectivity index (χ1n) is 5.67. The van der Waals surface area contributed by atoms with Gasteiger partial charge < -0.3 is 0 Å². The van der Waals surface area contributed by atoms with Gasteiger partial charge in [0.15, 0.2) is 0 Å². The zero-order chi connectivity index (χ0) is 12.5. The molecule has 0 aliphatic rings. The molecule has 2 nitrogen and oxygen atoms in total. The Morgan fingerprint density at radius 2 is 1.94 bits per heavy atom. The predicted octanol–water partition coefficient (Wildman–Crippen LogP) is 4.46. The predicted molar refractivity (Wildman–Crippen MR) is 77.5 cm³/mol. The third kappa shape index (κ3) is 2.13. The van der Waals surface area contributed by atoms with Crippen molar-refractivity contribution in [1.82, 2.24) is 9.97 Å². The zero-order valence-electron chi connectivity index (χ0n) is 10.2. The Kier molecular flexibility index (Phi) is 3.06. The highest BCUT2D eigenvalue weighted by atomic mass is 32.2. The minimum absolute atomic E-state index is 1.03. The summed E-state index contributed by atoms with van der Waals surface area (Å²) in [5.41, 5.74) is 2.64. The second-order valence-corrected chi connectivity index (χ2v) is 6.12. The molecule has 0 aliphatic carbocycles. The largest absolute Gasteiger partial charge is 0.229 e. The highest BCUT2D eigenvalue weighted by molar-refractivity contribution is 7.99. The van der Waals surface area contributed by atoms with Crippen LogP contribution in [-0.4, -0.2) is 9.97 Å². The molecule has 18 heavy (non-hydrogen) atoms. The van der Waals surface area contributed by atoms with E-state index in [9.17, 15) is 0 Å². The number of fused-ring (bicyclic) bond motifs is 1. The lowest BCUT2D eigenvalue weighted by Gasteiger charge is -2.05. The highest BCUT2D eigenvalue weighted by Crippen LogP contribution is 2.33. The molecular formula is C14H12N2S2. The van der Waals surface area contributed by atoms with E-state index in [0.29, 0.717) is 0 Å². The van der Waals surface area contributed by atoms with Crippen molar-refractivity contribution in [3.8, 4) is 0 Å². The molecule has 0 radical (unpaired) electrons. The molecule has 0 fully saturated rings. The Labute approximate surface area is 114 Å². The van der Waals surface area contributed by atoms with Crippen LogP contribution in [0.1, 0.15) is 11.1 Å². The Morgan fingerprint density at radius 1 is 1.06 bits per heavy atom. The normalized spacial score (nSPS) is 11.0. The van der Waals surface area contributed by atoms with Crippen LogP contribution in [0.15, 0.2) is 45.9 Å². The molecule has 3 rings (SSSR count). The van der Waals surface area contributed by atoms with Crippen LogP contribution < -0.4 is 0 Å². The van der Waals surface area contributed by atoms with E-state index in [1.165, 1.54) is 16.0 Å². The third-order valence-corrected chi connectivity index (χ3v) is 4.75. The molecule has 1 aromatic carbocycles. The lowest BCUT2D eigenvalue weighted by Crippen LogP contribution is -1.85. The van der Waals surface area contributed by atoms with Crippen LogP contribution in [0, 0.1) is 13.8 Å². The molecule has 4 heteroatoms. The molecule has 0 bridgehead atoms. The third-order valence-electron chi connectivity index (χ3n) is 2.92. The number of nitrogens with zero attached hydrogens (tertiary/aromatic N) is 2. The van der Waals surface area contributed by atoms with E-state index in [-0.39, 0.29) is 0 Å². The molecule has 90 valence electrons. The second kappa shape index (κ2) is 4.71. The minimum atomic E-state index is 1.03. The fourth-order valence-corrected chi connectivity index (χ4v) is 3.50. The zero-order valence-corrected chi connectivity index (χ0v) is 11.8. The summed E-state index contributed by atoms with van der Waals surface area (Å²) < 4.78 is 0. The molecule has 0 N–H and O–H groups in total. The van der Waals surface area contributed by atoms with Crippen molar-refractivity contribution in [3.63, 3.8) is 0 Å². The summed E-state index contributed by atoms with van der Waals surface area (Å²) in [6, 6.07) is 8.60. The van der Waals surface area contributed by atoms with Crippen LogP contribution in [-0.2, 0) is 0 Å². The highest BCUT2D eigenvalue weighted by Gasteiger charge is 2.07. The topological polar surface area (TPSA) is 25.8 Å². The molecule has 0 saturated carbocycles. The summed E-state index contributed by atoms with van der Waals surface area (Å²) in [6.45, 7) is 4.27. The molecular weight excluding hydrogens is 260 g/mol. The van der Waals surface area contributed by atoms with Gasteiger partial charge in [0.2, 0.25) is 0 Å². The molecule has 0 atom stereocenters. The summed E-state index contributed by atoms with van der Waals surface area (Å²) >= 11 is 3.35. The summed E-state index contributed by atoms with van der Waals surface area (Å²) in [6.07, 6.45) is 1.64. The van der Waals surface area contributed by atoms with Gasteiger partial charge in [-0.1, -0.05) is 17.8 Å². The molecule has 2 heterocycles. The van der Waals surface area contributed by atoms with Crippen LogP contribution in [0.2, 0.25) is 0 Å². The van der Waals surface area contributed by atoms with Crippen molar-refractivity contribution in [1.29, 1.82) is 0 Å². The number of aryl methyl sites for hydroxylation is 2. The minimum Gasteiger partial charge on any atom is -0.229 e. The summed E-state index contributed by atoms with van der Waals surface area (Å²) in [4.78, 5) is 10.9. The Bertz CT molecular complexity index is 704. The quantitative estimate of drug-likeness (QED) is 0.644. The molecule has 0 unspecified atom stereocenters. The summed E-state index contributed by atoms with van der Waals surface area (Å²) in [5.74, 6) is 0. The molecule has 2 aromatic heterocycles. The number of rotatable bonds is 2. The van der Waals surface area contributed by atoms with Crippen molar-refractivity contribution in [2.45, 2.75) is 23.8 Å². The molecule has 0 spiro atoms. The van der Waals surface area contributed by atoms with Crippen LogP contribution in [0.5, 0.6) is 0 Å². The molecule has 0 aliphatic heterocycles. The van der Waals surface area contributed by atoms with E-state index in [1.807, 2.05) is 0 Å². The first-order valence-corrected chi connectivity index (χ1v) is 7.37. The molecule has 3 aromatic rings. The van der Waals surface area contributed by atoms with Gasteiger partial charge in [-0.25, -0.2) is 9.97 Å². The fraction of sp³-hybridized carbons (Fsp3) is 0.143. The maximum absolute atomic E-state index is 4.39. The number of benzene rings is 1.